The topological polar surface area (TPSA) is 51.3 Å². The van der Waals surface area contributed by atoms with Gasteiger partial charge in [-0.1, -0.05) is 12.1 Å². The highest BCUT2D eigenvalue weighted by Gasteiger charge is 2.22. The Hall–Kier alpha value is -2.93. The van der Waals surface area contributed by atoms with Gasteiger partial charge in [-0.2, -0.15) is 0 Å². The van der Waals surface area contributed by atoms with Crippen molar-refractivity contribution in [1.29, 1.82) is 0 Å². The molecular formula is C29H43N5O2. The summed E-state index contributed by atoms with van der Waals surface area (Å²) in [6.45, 7) is 12.8. The summed E-state index contributed by atoms with van der Waals surface area (Å²) >= 11 is 0. The van der Waals surface area contributed by atoms with Crippen LogP contribution in [0.5, 0.6) is 5.75 Å². The predicted molar refractivity (Wildman–Crippen MR) is 150 cm³/mol. The molecule has 0 aromatic heterocycles. The van der Waals surface area contributed by atoms with Crippen LogP contribution in [0.25, 0.3) is 0 Å². The molecule has 1 amide bonds. The van der Waals surface area contributed by atoms with Gasteiger partial charge in [-0.05, 0) is 69.1 Å². The standard InChI is InChI=1S/C29H43N5O2/c1-23-8-7-9-26(24(23)2)32-18-20-34(21-19-32)29(35)10-5-6-13-30-25-11-12-28(36-4)27(22-25)33-16-14-31(3)15-17-33/h7-9,11-12,22,30H,5-6,10,13-21H2,1-4H3. The van der Waals surface area contributed by atoms with Gasteiger partial charge in [-0.25, -0.2) is 0 Å². The smallest absolute Gasteiger partial charge is 0.222 e. The Kier molecular flexibility index (Phi) is 8.97. The summed E-state index contributed by atoms with van der Waals surface area (Å²) in [5, 5.41) is 3.55. The van der Waals surface area contributed by atoms with Gasteiger partial charge >= 0.3 is 0 Å². The van der Waals surface area contributed by atoms with Gasteiger partial charge in [0.1, 0.15) is 5.75 Å². The van der Waals surface area contributed by atoms with Crippen molar-refractivity contribution in [2.24, 2.45) is 0 Å². The minimum absolute atomic E-state index is 0.289. The quantitative estimate of drug-likeness (QED) is 0.533. The molecule has 0 saturated carbocycles. The first kappa shape index (κ1) is 26.1. The molecule has 7 heteroatoms. The number of unbranched alkanes of at least 4 members (excludes halogenated alkanes) is 1. The summed E-state index contributed by atoms with van der Waals surface area (Å²) in [6.07, 6.45) is 2.51. The summed E-state index contributed by atoms with van der Waals surface area (Å²) in [4.78, 5) is 22.0. The number of aryl methyl sites for hydroxylation is 1. The van der Waals surface area contributed by atoms with E-state index in [2.05, 4.69) is 77.3 Å². The van der Waals surface area contributed by atoms with E-state index in [9.17, 15) is 4.79 Å². The van der Waals surface area contributed by atoms with Crippen LogP contribution in [0, 0.1) is 13.8 Å². The van der Waals surface area contributed by atoms with E-state index in [1.54, 1.807) is 7.11 Å². The zero-order valence-corrected chi connectivity index (χ0v) is 22.6. The third-order valence-electron chi connectivity index (χ3n) is 7.72. The number of carbonyl (C=O) groups excluding carboxylic acids is 1. The van der Waals surface area contributed by atoms with Crippen molar-refractivity contribution in [3.63, 3.8) is 0 Å². The normalized spacial score (nSPS) is 16.8. The number of methoxy groups -OCH3 is 1. The van der Waals surface area contributed by atoms with Crippen molar-refractivity contribution in [1.82, 2.24) is 9.80 Å². The maximum atomic E-state index is 12.8. The lowest BCUT2D eigenvalue weighted by molar-refractivity contribution is -0.131. The predicted octanol–water partition coefficient (Wildman–Crippen LogP) is 3.99. The second kappa shape index (κ2) is 12.3. The van der Waals surface area contributed by atoms with Gasteiger partial charge in [-0.3, -0.25) is 4.79 Å². The molecule has 2 saturated heterocycles. The zero-order chi connectivity index (χ0) is 25.5. The van der Waals surface area contributed by atoms with E-state index >= 15 is 0 Å². The molecule has 2 fully saturated rings. The molecule has 2 aromatic rings. The number of ether oxygens (including phenoxy) is 1. The molecule has 0 aliphatic carbocycles. The van der Waals surface area contributed by atoms with Crippen molar-refractivity contribution >= 4 is 23.0 Å². The van der Waals surface area contributed by atoms with Crippen LogP contribution in [0.2, 0.25) is 0 Å². The third kappa shape index (κ3) is 6.44. The van der Waals surface area contributed by atoms with Crippen LogP contribution in [0.3, 0.4) is 0 Å². The summed E-state index contributed by atoms with van der Waals surface area (Å²) < 4.78 is 5.62. The van der Waals surface area contributed by atoms with E-state index in [4.69, 9.17) is 4.74 Å². The number of hydrogen-bond donors (Lipinski definition) is 1. The number of piperazine rings is 2. The fourth-order valence-electron chi connectivity index (χ4n) is 5.16. The van der Waals surface area contributed by atoms with E-state index in [1.807, 2.05) is 4.90 Å². The molecule has 2 aliphatic heterocycles. The van der Waals surface area contributed by atoms with Crippen LogP contribution < -0.4 is 19.9 Å². The largest absolute Gasteiger partial charge is 0.495 e. The number of nitrogens with one attached hydrogen (secondary N) is 1. The Morgan fingerprint density at radius 3 is 2.31 bits per heavy atom. The van der Waals surface area contributed by atoms with Crippen molar-refractivity contribution < 1.29 is 9.53 Å². The number of anilines is 3. The van der Waals surface area contributed by atoms with E-state index in [0.29, 0.717) is 6.42 Å². The van der Waals surface area contributed by atoms with Crippen molar-refractivity contribution in [3.8, 4) is 5.75 Å². The number of rotatable bonds is 9. The summed E-state index contributed by atoms with van der Waals surface area (Å²) in [6, 6.07) is 12.8. The van der Waals surface area contributed by atoms with Gasteiger partial charge in [0, 0.05) is 76.7 Å². The molecule has 0 unspecified atom stereocenters. The van der Waals surface area contributed by atoms with Crippen molar-refractivity contribution in [2.45, 2.75) is 33.1 Å². The van der Waals surface area contributed by atoms with Crippen molar-refractivity contribution in [3.05, 3.63) is 47.5 Å². The van der Waals surface area contributed by atoms with E-state index in [-0.39, 0.29) is 5.91 Å². The minimum Gasteiger partial charge on any atom is -0.495 e. The third-order valence-corrected chi connectivity index (χ3v) is 7.72. The fraction of sp³-hybridized carbons (Fsp3) is 0.552. The molecule has 2 aliphatic rings. The summed E-state index contributed by atoms with van der Waals surface area (Å²) in [5.74, 6) is 1.21. The first-order valence-corrected chi connectivity index (χ1v) is 13.4. The lowest BCUT2D eigenvalue weighted by atomic mass is 10.1. The van der Waals surface area contributed by atoms with Gasteiger partial charge < -0.3 is 29.7 Å². The highest BCUT2D eigenvalue weighted by atomic mass is 16.5. The van der Waals surface area contributed by atoms with E-state index in [1.165, 1.54) is 16.8 Å². The number of likely N-dealkylation sites (N-methyl/N-ethyl adjacent to an activating group) is 1. The Morgan fingerprint density at radius 2 is 1.58 bits per heavy atom. The van der Waals surface area contributed by atoms with Crippen LogP contribution in [0.15, 0.2) is 36.4 Å². The molecule has 2 heterocycles. The molecule has 1 N–H and O–H groups in total. The van der Waals surface area contributed by atoms with E-state index in [0.717, 1.165) is 88.9 Å². The first-order valence-electron chi connectivity index (χ1n) is 13.4. The average Bonchev–Trinajstić information content (AvgIpc) is 2.90. The second-order valence-electron chi connectivity index (χ2n) is 10.1. The number of nitrogens with zero attached hydrogens (tertiary/aromatic N) is 4. The number of hydrogen-bond acceptors (Lipinski definition) is 6. The van der Waals surface area contributed by atoms with Crippen LogP contribution in [0.1, 0.15) is 30.4 Å². The molecular weight excluding hydrogens is 450 g/mol. The summed E-state index contributed by atoms with van der Waals surface area (Å²) in [7, 11) is 3.91. The molecule has 0 radical (unpaired) electrons. The van der Waals surface area contributed by atoms with Crippen LogP contribution in [-0.2, 0) is 4.79 Å². The lowest BCUT2D eigenvalue weighted by Crippen LogP contribution is -2.49. The SMILES string of the molecule is COc1ccc(NCCCCC(=O)N2CCN(c3cccc(C)c3C)CC2)cc1N1CCN(C)CC1. The molecule has 7 nitrogen and oxygen atoms in total. The number of carbonyl (C=O) groups is 1. The van der Waals surface area contributed by atoms with Gasteiger partial charge in [-0.15, -0.1) is 0 Å². The Morgan fingerprint density at radius 1 is 0.889 bits per heavy atom. The molecule has 0 atom stereocenters. The molecule has 2 aromatic carbocycles. The summed E-state index contributed by atoms with van der Waals surface area (Å²) in [5.41, 5.74) is 6.24. The average molecular weight is 494 g/mol. The number of amides is 1. The zero-order valence-electron chi connectivity index (χ0n) is 22.6. The molecule has 0 spiro atoms. The van der Waals surface area contributed by atoms with Gasteiger partial charge in [0.15, 0.2) is 0 Å². The second-order valence-corrected chi connectivity index (χ2v) is 10.1. The van der Waals surface area contributed by atoms with Crippen LogP contribution in [0.4, 0.5) is 17.1 Å². The minimum atomic E-state index is 0.289. The molecule has 0 bridgehead atoms. The van der Waals surface area contributed by atoms with Gasteiger partial charge in [0.2, 0.25) is 5.91 Å². The monoisotopic (exact) mass is 493 g/mol. The Bertz CT molecular complexity index is 1010. The lowest BCUT2D eigenvalue weighted by Gasteiger charge is -2.37. The van der Waals surface area contributed by atoms with E-state index < -0.39 is 0 Å². The van der Waals surface area contributed by atoms with Crippen molar-refractivity contribution in [2.75, 3.05) is 88.2 Å². The Balaban J connectivity index is 1.18. The van der Waals surface area contributed by atoms with Crippen LogP contribution in [-0.4, -0.2) is 88.8 Å². The van der Waals surface area contributed by atoms with Crippen LogP contribution >= 0.6 is 0 Å². The highest BCUT2D eigenvalue weighted by Crippen LogP contribution is 2.32. The number of benzene rings is 2. The van der Waals surface area contributed by atoms with Gasteiger partial charge in [0.25, 0.3) is 0 Å². The molecule has 36 heavy (non-hydrogen) atoms. The molecule has 196 valence electrons. The fourth-order valence-corrected chi connectivity index (χ4v) is 5.16. The maximum absolute atomic E-state index is 12.8. The Labute approximate surface area is 217 Å². The van der Waals surface area contributed by atoms with Gasteiger partial charge in [0.05, 0.1) is 12.8 Å². The highest BCUT2D eigenvalue weighted by molar-refractivity contribution is 5.76. The maximum Gasteiger partial charge on any atom is 0.222 e. The molecule has 4 rings (SSSR count). The first-order chi connectivity index (χ1) is 17.5.